The smallest absolute Gasteiger partial charge is 0.0541 e. The van der Waals surface area contributed by atoms with Crippen LogP contribution in [0.25, 0.3) is 72.0 Å². The van der Waals surface area contributed by atoms with Gasteiger partial charge in [-0.1, -0.05) is 153 Å². The summed E-state index contributed by atoms with van der Waals surface area (Å²) >= 11 is 0. The Morgan fingerprint density at radius 1 is 0.455 bits per heavy atom. The van der Waals surface area contributed by atoms with E-state index in [1.807, 2.05) is 0 Å². The molecule has 262 valence electrons. The van der Waals surface area contributed by atoms with Crippen LogP contribution in [0, 0.1) is 0 Å². The average Bonchev–Trinajstić information content (AvgIpc) is 3.62. The maximum absolute atomic E-state index is 2.59. The zero-order valence-electron chi connectivity index (χ0n) is 31.3. The number of hydrogen-bond acceptors (Lipinski definition) is 0. The van der Waals surface area contributed by atoms with E-state index in [-0.39, 0.29) is 5.41 Å². The molecule has 9 aromatic rings. The highest BCUT2D eigenvalue weighted by molar-refractivity contribution is 6.10. The van der Waals surface area contributed by atoms with Crippen LogP contribution in [0.4, 0.5) is 0 Å². The molecule has 1 atom stereocenters. The Kier molecular flexibility index (Phi) is 7.16. The normalized spacial score (nSPS) is 15.3. The first kappa shape index (κ1) is 32.0. The van der Waals surface area contributed by atoms with Crippen molar-refractivity contribution < 1.29 is 0 Å². The minimum Gasteiger partial charge on any atom is -0.309 e. The Bertz CT molecular complexity index is 2930. The lowest BCUT2D eigenvalue weighted by atomic mass is 9.78. The molecule has 1 unspecified atom stereocenters. The van der Waals surface area contributed by atoms with E-state index >= 15 is 0 Å². The topological polar surface area (TPSA) is 4.93 Å². The summed E-state index contributed by atoms with van der Waals surface area (Å²) in [6, 6.07) is 68.2. The van der Waals surface area contributed by atoms with Crippen LogP contribution in [-0.2, 0) is 11.8 Å². The van der Waals surface area contributed by atoms with Gasteiger partial charge in [-0.05, 0) is 128 Å². The molecule has 0 amide bonds. The first-order valence-electron chi connectivity index (χ1n) is 19.7. The van der Waals surface area contributed by atoms with Crippen molar-refractivity contribution in [1.82, 2.24) is 4.57 Å². The minimum atomic E-state index is -0.0615. The second kappa shape index (κ2) is 12.3. The molecule has 1 aromatic heterocycles. The second-order valence-corrected chi connectivity index (χ2v) is 16.0. The van der Waals surface area contributed by atoms with Gasteiger partial charge in [0.2, 0.25) is 0 Å². The molecule has 1 nitrogen and oxygen atoms in total. The maximum Gasteiger partial charge on any atom is 0.0541 e. The Morgan fingerprint density at radius 3 is 1.95 bits per heavy atom. The van der Waals surface area contributed by atoms with Crippen LogP contribution in [0.2, 0.25) is 0 Å². The van der Waals surface area contributed by atoms with Crippen LogP contribution in [0.15, 0.2) is 182 Å². The fraction of sp³-hybridized carbons (Fsp3) is 0.111. The van der Waals surface area contributed by atoms with Gasteiger partial charge in [-0.2, -0.15) is 0 Å². The molecule has 0 fully saturated rings. The summed E-state index contributed by atoms with van der Waals surface area (Å²) in [6.07, 6.45) is 2.10. The van der Waals surface area contributed by atoms with Gasteiger partial charge in [0.25, 0.3) is 0 Å². The molecule has 1 heterocycles. The molecule has 0 aliphatic heterocycles. The van der Waals surface area contributed by atoms with Crippen molar-refractivity contribution in [1.29, 1.82) is 0 Å². The predicted molar refractivity (Wildman–Crippen MR) is 231 cm³/mol. The number of hydrogen-bond donors (Lipinski definition) is 0. The van der Waals surface area contributed by atoms with Crippen LogP contribution in [-0.4, -0.2) is 4.57 Å². The summed E-state index contributed by atoms with van der Waals surface area (Å²) in [4.78, 5) is 0. The second-order valence-electron chi connectivity index (χ2n) is 16.0. The van der Waals surface area contributed by atoms with E-state index in [0.717, 1.165) is 12.8 Å². The minimum absolute atomic E-state index is 0.0615. The first-order chi connectivity index (χ1) is 27.0. The molecule has 8 aromatic carbocycles. The van der Waals surface area contributed by atoms with Crippen LogP contribution >= 0.6 is 0 Å². The summed E-state index contributed by atoms with van der Waals surface area (Å²) in [7, 11) is 0. The van der Waals surface area contributed by atoms with Crippen molar-refractivity contribution in [2.24, 2.45) is 0 Å². The third-order valence-electron chi connectivity index (χ3n) is 12.7. The van der Waals surface area contributed by atoms with Crippen LogP contribution in [0.3, 0.4) is 0 Å². The predicted octanol–water partition coefficient (Wildman–Crippen LogP) is 14.2. The lowest BCUT2D eigenvalue weighted by Gasteiger charge is -2.25. The van der Waals surface area contributed by atoms with E-state index in [0.29, 0.717) is 5.92 Å². The molecule has 0 spiro atoms. The summed E-state index contributed by atoms with van der Waals surface area (Å²) in [5.74, 6) is 0.293. The standard InChI is InChI=1S/C54H41N/c1-54(2)50-19-11-9-17-43(50)48-33-46-45-31-39(40-28-30-53-49(32-40)44-18-10-12-20-52(44)55(53)41-15-7-4-8-16-41)26-25-38(45)27-29-42(47(46)34-51(48)54)37-23-21-36(22-24-37)35-13-5-3-6-14-35/h3-26,28,30-34,42H,27,29H2,1-2H3. The van der Waals surface area contributed by atoms with Crippen LogP contribution < -0.4 is 0 Å². The number of nitrogens with zero attached hydrogens (tertiary/aromatic N) is 1. The number of fused-ring (bicyclic) bond motifs is 9. The number of aromatic nitrogens is 1. The van der Waals surface area contributed by atoms with E-state index in [1.165, 1.54) is 99.8 Å². The first-order valence-corrected chi connectivity index (χ1v) is 19.7. The molecule has 1 heteroatoms. The zero-order chi connectivity index (χ0) is 36.7. The van der Waals surface area contributed by atoms with Gasteiger partial charge < -0.3 is 4.57 Å². The van der Waals surface area contributed by atoms with Crippen molar-refractivity contribution in [3.8, 4) is 50.2 Å². The van der Waals surface area contributed by atoms with Crippen LogP contribution in [0.5, 0.6) is 0 Å². The van der Waals surface area contributed by atoms with E-state index in [2.05, 4.69) is 200 Å². The van der Waals surface area contributed by atoms with Gasteiger partial charge in [0.1, 0.15) is 0 Å². The fourth-order valence-electron chi connectivity index (χ4n) is 9.86. The lowest BCUT2D eigenvalue weighted by molar-refractivity contribution is 0.655. The zero-order valence-corrected chi connectivity index (χ0v) is 31.3. The van der Waals surface area contributed by atoms with Gasteiger partial charge in [0, 0.05) is 27.8 Å². The highest BCUT2D eigenvalue weighted by Gasteiger charge is 2.37. The molecule has 0 saturated heterocycles. The lowest BCUT2D eigenvalue weighted by Crippen LogP contribution is -2.16. The van der Waals surface area contributed by atoms with Gasteiger partial charge in [-0.15, -0.1) is 0 Å². The van der Waals surface area contributed by atoms with Crippen molar-refractivity contribution in [3.63, 3.8) is 0 Å². The Labute approximate surface area is 323 Å². The molecule has 2 aliphatic rings. The van der Waals surface area contributed by atoms with Gasteiger partial charge in [0.05, 0.1) is 11.0 Å². The average molecular weight is 704 g/mol. The highest BCUT2D eigenvalue weighted by atomic mass is 15.0. The number of rotatable bonds is 4. The van der Waals surface area contributed by atoms with Gasteiger partial charge >= 0.3 is 0 Å². The number of benzene rings is 8. The van der Waals surface area contributed by atoms with Crippen molar-refractivity contribution >= 4 is 21.8 Å². The highest BCUT2D eigenvalue weighted by Crippen LogP contribution is 2.53. The largest absolute Gasteiger partial charge is 0.309 e. The van der Waals surface area contributed by atoms with E-state index < -0.39 is 0 Å². The molecule has 2 aliphatic carbocycles. The summed E-state index contributed by atoms with van der Waals surface area (Å²) < 4.78 is 2.40. The SMILES string of the molecule is CC1(C)c2ccccc2-c2cc3c(cc21)C(c1ccc(-c2ccccc2)cc1)CCc1ccc(-c2ccc4c(c2)c2ccccc2n4-c2ccccc2)cc1-3. The molecule has 0 bridgehead atoms. The molecule has 0 saturated carbocycles. The Hall–Kier alpha value is -6.44. The quantitative estimate of drug-likeness (QED) is 0.172. The molecule has 0 N–H and O–H groups in total. The van der Waals surface area contributed by atoms with E-state index in [9.17, 15) is 0 Å². The Balaban J connectivity index is 1.09. The van der Waals surface area contributed by atoms with Crippen molar-refractivity contribution in [3.05, 3.63) is 210 Å². The molecule has 0 radical (unpaired) electrons. The van der Waals surface area contributed by atoms with Crippen molar-refractivity contribution in [2.75, 3.05) is 0 Å². The molecule has 11 rings (SSSR count). The van der Waals surface area contributed by atoms with E-state index in [1.54, 1.807) is 0 Å². The summed E-state index contributed by atoms with van der Waals surface area (Å²) in [6.45, 7) is 4.81. The third-order valence-corrected chi connectivity index (χ3v) is 12.7. The monoisotopic (exact) mass is 703 g/mol. The van der Waals surface area contributed by atoms with Gasteiger partial charge in [0.15, 0.2) is 0 Å². The summed E-state index contributed by atoms with van der Waals surface area (Å²) in [5.41, 5.74) is 21.2. The summed E-state index contributed by atoms with van der Waals surface area (Å²) in [5, 5.41) is 2.56. The van der Waals surface area contributed by atoms with Crippen molar-refractivity contribution in [2.45, 2.75) is 38.0 Å². The van der Waals surface area contributed by atoms with E-state index in [4.69, 9.17) is 0 Å². The fourth-order valence-corrected chi connectivity index (χ4v) is 9.86. The third kappa shape index (κ3) is 5.00. The number of aryl methyl sites for hydroxylation is 1. The number of para-hydroxylation sites is 2. The molecular weight excluding hydrogens is 663 g/mol. The van der Waals surface area contributed by atoms with Crippen LogP contribution in [0.1, 0.15) is 54.0 Å². The molecular formula is C54H41N. The maximum atomic E-state index is 2.59. The van der Waals surface area contributed by atoms with Gasteiger partial charge in [-0.25, -0.2) is 0 Å². The Morgan fingerprint density at radius 2 is 1.11 bits per heavy atom. The molecule has 55 heavy (non-hydrogen) atoms. The van der Waals surface area contributed by atoms with Gasteiger partial charge in [-0.3, -0.25) is 0 Å².